The summed E-state index contributed by atoms with van der Waals surface area (Å²) in [6.07, 6.45) is 4.40. The largest absolute Gasteiger partial charge is 0.487 e. The van der Waals surface area contributed by atoms with Gasteiger partial charge >= 0.3 is 0 Å². The van der Waals surface area contributed by atoms with Gasteiger partial charge in [-0.25, -0.2) is 0 Å². The van der Waals surface area contributed by atoms with E-state index in [1.54, 1.807) is 28.7 Å². The SMILES string of the molecule is O=C(/C=C/c1cccs1)N1CCOc2c(cc(-c3csc4ccccc34)cc2O[C@H]2CCOC2)C1. The highest BCUT2D eigenvalue weighted by molar-refractivity contribution is 7.17. The molecule has 4 aromatic rings. The van der Waals surface area contributed by atoms with Gasteiger partial charge in [0.1, 0.15) is 12.7 Å². The van der Waals surface area contributed by atoms with Crippen LogP contribution in [0.5, 0.6) is 11.5 Å². The summed E-state index contributed by atoms with van der Waals surface area (Å²) in [5, 5.41) is 5.42. The first-order chi connectivity index (χ1) is 17.2. The molecular formula is C28H25NO4S2. The van der Waals surface area contributed by atoms with E-state index in [-0.39, 0.29) is 12.0 Å². The third kappa shape index (κ3) is 4.72. The number of carbonyl (C=O) groups is 1. The molecule has 0 bridgehead atoms. The standard InChI is InChI=1S/C28H25NO4S2/c30-27(8-7-22-4-3-13-34-22)29-10-12-32-28-20(16-29)14-19(15-25(28)33-21-9-11-31-17-21)24-18-35-26-6-2-1-5-23(24)26/h1-8,13-15,18,21H,9-12,16-17H2/b8-7+/t21-/m0/s1. The van der Waals surface area contributed by atoms with Gasteiger partial charge in [-0.05, 0) is 46.7 Å². The van der Waals surface area contributed by atoms with Crippen LogP contribution >= 0.6 is 22.7 Å². The maximum atomic E-state index is 13.0. The first-order valence-corrected chi connectivity index (χ1v) is 13.5. The first-order valence-electron chi connectivity index (χ1n) is 11.8. The molecule has 2 aliphatic rings. The lowest BCUT2D eigenvalue weighted by atomic mass is 10.0. The minimum atomic E-state index is -0.0205. The van der Waals surface area contributed by atoms with Crippen LogP contribution in [-0.4, -0.2) is 43.3 Å². The van der Waals surface area contributed by atoms with Crippen LogP contribution in [0.4, 0.5) is 0 Å². The number of thiophene rings is 2. The van der Waals surface area contributed by atoms with E-state index in [2.05, 4.69) is 41.8 Å². The summed E-state index contributed by atoms with van der Waals surface area (Å²) in [4.78, 5) is 16.0. The molecule has 0 spiro atoms. The van der Waals surface area contributed by atoms with Gasteiger partial charge in [-0.3, -0.25) is 4.79 Å². The molecule has 7 heteroatoms. The van der Waals surface area contributed by atoms with E-state index in [1.807, 2.05) is 28.5 Å². The molecule has 0 unspecified atom stereocenters. The summed E-state index contributed by atoms with van der Waals surface area (Å²) in [5.74, 6) is 1.44. The molecule has 1 saturated heterocycles. The Balaban J connectivity index is 1.37. The molecule has 0 N–H and O–H groups in total. The number of nitrogens with zero attached hydrogens (tertiary/aromatic N) is 1. The van der Waals surface area contributed by atoms with Crippen LogP contribution in [0.25, 0.3) is 27.3 Å². The van der Waals surface area contributed by atoms with Crippen molar-refractivity contribution >= 4 is 44.7 Å². The smallest absolute Gasteiger partial charge is 0.247 e. The third-order valence-electron chi connectivity index (χ3n) is 6.32. The molecule has 0 saturated carbocycles. The van der Waals surface area contributed by atoms with Crippen LogP contribution in [-0.2, 0) is 16.1 Å². The van der Waals surface area contributed by atoms with Crippen LogP contribution in [0.3, 0.4) is 0 Å². The van der Waals surface area contributed by atoms with E-state index in [0.717, 1.165) is 33.9 Å². The average molecular weight is 504 g/mol. The Kier molecular flexibility index (Phi) is 6.29. The molecule has 2 aromatic carbocycles. The number of fused-ring (bicyclic) bond motifs is 2. The number of hydrogen-bond acceptors (Lipinski definition) is 6. The zero-order chi connectivity index (χ0) is 23.6. The monoisotopic (exact) mass is 503 g/mol. The van der Waals surface area contributed by atoms with Crippen molar-refractivity contribution in [3.63, 3.8) is 0 Å². The maximum absolute atomic E-state index is 13.0. The van der Waals surface area contributed by atoms with E-state index < -0.39 is 0 Å². The second kappa shape index (κ2) is 9.85. The normalized spacial score (nSPS) is 17.9. The fourth-order valence-corrected chi connectivity index (χ4v) is 6.13. The molecule has 5 nitrogen and oxygen atoms in total. The quantitative estimate of drug-likeness (QED) is 0.303. The minimum Gasteiger partial charge on any atom is -0.487 e. The first kappa shape index (κ1) is 22.3. The average Bonchev–Trinajstić information content (AvgIpc) is 3.63. The third-order valence-corrected chi connectivity index (χ3v) is 8.12. The zero-order valence-electron chi connectivity index (χ0n) is 19.1. The molecule has 0 aliphatic carbocycles. The summed E-state index contributed by atoms with van der Waals surface area (Å²) in [7, 11) is 0. The van der Waals surface area contributed by atoms with Gasteiger partial charge in [0.05, 0.1) is 19.8 Å². The molecule has 4 heterocycles. The van der Waals surface area contributed by atoms with Gasteiger partial charge in [0.25, 0.3) is 0 Å². The Hall–Kier alpha value is -3.13. The van der Waals surface area contributed by atoms with Crippen molar-refractivity contribution in [2.24, 2.45) is 0 Å². The Morgan fingerprint density at radius 3 is 2.91 bits per heavy atom. The number of carbonyl (C=O) groups excluding carboxylic acids is 1. The van der Waals surface area contributed by atoms with Crippen molar-refractivity contribution in [3.05, 3.63) is 75.8 Å². The number of rotatable bonds is 5. The highest BCUT2D eigenvalue weighted by Crippen LogP contribution is 2.42. The zero-order valence-corrected chi connectivity index (χ0v) is 20.8. The number of hydrogen-bond donors (Lipinski definition) is 0. The number of ether oxygens (including phenoxy) is 3. The number of amides is 1. The molecule has 6 rings (SSSR count). The van der Waals surface area contributed by atoms with E-state index in [0.29, 0.717) is 32.9 Å². The fourth-order valence-electron chi connectivity index (χ4n) is 4.55. The molecule has 1 amide bonds. The van der Waals surface area contributed by atoms with Crippen molar-refractivity contribution in [3.8, 4) is 22.6 Å². The van der Waals surface area contributed by atoms with E-state index in [4.69, 9.17) is 14.2 Å². The molecule has 178 valence electrons. The second-order valence-electron chi connectivity index (χ2n) is 8.67. The number of benzene rings is 2. The van der Waals surface area contributed by atoms with Crippen LogP contribution in [0.15, 0.2) is 65.4 Å². The Bertz CT molecular complexity index is 1370. The van der Waals surface area contributed by atoms with Crippen molar-refractivity contribution in [2.75, 3.05) is 26.4 Å². The van der Waals surface area contributed by atoms with E-state index >= 15 is 0 Å². The van der Waals surface area contributed by atoms with Gasteiger partial charge in [0.2, 0.25) is 5.91 Å². The van der Waals surface area contributed by atoms with Crippen molar-refractivity contribution in [1.82, 2.24) is 4.90 Å². The van der Waals surface area contributed by atoms with Gasteiger partial charge in [-0.15, -0.1) is 22.7 Å². The summed E-state index contributed by atoms with van der Waals surface area (Å²) in [6.45, 7) is 2.70. The van der Waals surface area contributed by atoms with Crippen molar-refractivity contribution < 1.29 is 19.0 Å². The minimum absolute atomic E-state index is 0.00638. The molecule has 2 aromatic heterocycles. The lowest BCUT2D eigenvalue weighted by molar-refractivity contribution is -0.126. The van der Waals surface area contributed by atoms with Gasteiger partial charge in [0.15, 0.2) is 11.5 Å². The van der Waals surface area contributed by atoms with Crippen molar-refractivity contribution in [1.29, 1.82) is 0 Å². The van der Waals surface area contributed by atoms with Crippen LogP contribution in [0, 0.1) is 0 Å². The van der Waals surface area contributed by atoms with Crippen LogP contribution in [0.2, 0.25) is 0 Å². The molecular weight excluding hydrogens is 478 g/mol. The summed E-state index contributed by atoms with van der Waals surface area (Å²) < 4.78 is 19.4. The Morgan fingerprint density at radius 2 is 2.06 bits per heavy atom. The summed E-state index contributed by atoms with van der Waals surface area (Å²) >= 11 is 3.35. The van der Waals surface area contributed by atoms with Crippen LogP contribution < -0.4 is 9.47 Å². The Labute approximate surface area is 212 Å². The topological polar surface area (TPSA) is 48.0 Å². The summed E-state index contributed by atoms with van der Waals surface area (Å²) in [5.41, 5.74) is 3.20. The van der Waals surface area contributed by atoms with Gasteiger partial charge in [-0.1, -0.05) is 24.3 Å². The lowest BCUT2D eigenvalue weighted by Gasteiger charge is -2.20. The summed E-state index contributed by atoms with van der Waals surface area (Å²) in [6, 6.07) is 16.6. The van der Waals surface area contributed by atoms with Gasteiger partial charge in [-0.2, -0.15) is 0 Å². The molecule has 0 radical (unpaired) electrons. The predicted octanol–water partition coefficient (Wildman–Crippen LogP) is 6.23. The lowest BCUT2D eigenvalue weighted by Crippen LogP contribution is -2.30. The highest BCUT2D eigenvalue weighted by Gasteiger charge is 2.26. The van der Waals surface area contributed by atoms with Crippen LogP contribution in [0.1, 0.15) is 16.9 Å². The Morgan fingerprint density at radius 1 is 1.11 bits per heavy atom. The molecule has 35 heavy (non-hydrogen) atoms. The maximum Gasteiger partial charge on any atom is 0.247 e. The second-order valence-corrected chi connectivity index (χ2v) is 10.6. The highest BCUT2D eigenvalue weighted by atomic mass is 32.1. The predicted molar refractivity (Wildman–Crippen MR) is 141 cm³/mol. The van der Waals surface area contributed by atoms with E-state index in [9.17, 15) is 4.79 Å². The van der Waals surface area contributed by atoms with Gasteiger partial charge < -0.3 is 19.1 Å². The van der Waals surface area contributed by atoms with E-state index in [1.165, 1.54) is 15.6 Å². The molecule has 1 fully saturated rings. The molecule has 2 aliphatic heterocycles. The molecule has 1 atom stereocenters. The van der Waals surface area contributed by atoms with Gasteiger partial charge in [0, 0.05) is 45.1 Å². The fraction of sp³-hybridized carbons (Fsp3) is 0.250. The van der Waals surface area contributed by atoms with Crippen molar-refractivity contribution in [2.45, 2.75) is 19.1 Å².